The first-order valence-electron chi connectivity index (χ1n) is 6.25. The summed E-state index contributed by atoms with van der Waals surface area (Å²) in [5.74, 6) is -0.00619. The fraction of sp³-hybridized carbons (Fsp3) is 0.500. The number of amides is 1. The Morgan fingerprint density at radius 3 is 2.83 bits per heavy atom. The monoisotopic (exact) mass is 251 g/mol. The smallest absolute Gasteiger partial charge is 0.224 e. The molecule has 0 unspecified atom stereocenters. The maximum Gasteiger partial charge on any atom is 0.224 e. The predicted octanol–water partition coefficient (Wildman–Crippen LogP) is 1.98. The van der Waals surface area contributed by atoms with E-state index in [4.69, 9.17) is 9.84 Å². The molecule has 0 radical (unpaired) electrons. The molecule has 18 heavy (non-hydrogen) atoms. The Morgan fingerprint density at radius 1 is 1.33 bits per heavy atom. The zero-order chi connectivity index (χ0) is 13.2. The minimum atomic E-state index is -0.00619. The summed E-state index contributed by atoms with van der Waals surface area (Å²) in [6.07, 6.45) is 2.60. The molecule has 1 aromatic carbocycles. The van der Waals surface area contributed by atoms with E-state index in [0.29, 0.717) is 25.9 Å². The van der Waals surface area contributed by atoms with Gasteiger partial charge >= 0.3 is 0 Å². The van der Waals surface area contributed by atoms with E-state index in [1.165, 1.54) is 0 Å². The summed E-state index contributed by atoms with van der Waals surface area (Å²) < 4.78 is 5.04. The second-order valence-electron chi connectivity index (χ2n) is 4.13. The summed E-state index contributed by atoms with van der Waals surface area (Å²) in [7, 11) is 1.66. The molecule has 0 spiro atoms. The number of ether oxygens (including phenoxy) is 1. The number of anilines is 1. The van der Waals surface area contributed by atoms with Crippen LogP contribution in [0, 0.1) is 0 Å². The van der Waals surface area contributed by atoms with Gasteiger partial charge in [0, 0.05) is 25.8 Å². The highest BCUT2D eigenvalue weighted by Crippen LogP contribution is 2.16. The fourth-order valence-corrected chi connectivity index (χ4v) is 1.68. The van der Waals surface area contributed by atoms with E-state index < -0.39 is 0 Å². The zero-order valence-corrected chi connectivity index (χ0v) is 10.8. The summed E-state index contributed by atoms with van der Waals surface area (Å²) in [5.41, 5.74) is 1.93. The van der Waals surface area contributed by atoms with Crippen molar-refractivity contribution >= 4 is 11.6 Å². The van der Waals surface area contributed by atoms with Crippen LogP contribution in [-0.2, 0) is 16.0 Å². The summed E-state index contributed by atoms with van der Waals surface area (Å²) in [6.45, 7) is 0.773. The molecule has 0 bridgehead atoms. The Labute approximate surface area is 108 Å². The van der Waals surface area contributed by atoms with Crippen molar-refractivity contribution in [1.29, 1.82) is 0 Å². The summed E-state index contributed by atoms with van der Waals surface area (Å²) in [5, 5.41) is 11.6. The van der Waals surface area contributed by atoms with E-state index in [-0.39, 0.29) is 12.5 Å². The molecule has 0 saturated carbocycles. The minimum Gasteiger partial charge on any atom is -0.396 e. The number of carbonyl (C=O) groups is 1. The van der Waals surface area contributed by atoms with Crippen LogP contribution in [0.4, 0.5) is 5.69 Å². The molecule has 0 saturated heterocycles. The van der Waals surface area contributed by atoms with Gasteiger partial charge in [0.05, 0.1) is 6.61 Å². The average Bonchev–Trinajstić information content (AvgIpc) is 2.38. The topological polar surface area (TPSA) is 58.6 Å². The van der Waals surface area contributed by atoms with Gasteiger partial charge in [-0.15, -0.1) is 0 Å². The van der Waals surface area contributed by atoms with Crippen LogP contribution in [0.5, 0.6) is 0 Å². The molecule has 0 aliphatic rings. The number of aliphatic hydroxyl groups excluding tert-OH is 1. The Morgan fingerprint density at radius 2 is 2.11 bits per heavy atom. The number of aliphatic hydroxyl groups is 1. The molecule has 100 valence electrons. The van der Waals surface area contributed by atoms with Crippen molar-refractivity contribution in [2.75, 3.05) is 25.6 Å². The molecular formula is C14H21NO3. The van der Waals surface area contributed by atoms with E-state index in [2.05, 4.69) is 5.32 Å². The maximum atomic E-state index is 11.7. The fourth-order valence-electron chi connectivity index (χ4n) is 1.68. The van der Waals surface area contributed by atoms with Gasteiger partial charge < -0.3 is 15.2 Å². The normalized spacial score (nSPS) is 10.3. The molecule has 1 amide bonds. The summed E-state index contributed by atoms with van der Waals surface area (Å²) >= 11 is 0. The standard InChI is InChI=1S/C14H21NO3/c1-18-11-9-12-6-2-3-7-13(12)15-14(17)8-4-5-10-16/h2-3,6-7,16H,4-5,8-11H2,1H3,(H,15,17). The molecule has 0 atom stereocenters. The number of carbonyl (C=O) groups excluding carboxylic acids is 1. The van der Waals surface area contributed by atoms with Gasteiger partial charge in [-0.3, -0.25) is 4.79 Å². The summed E-state index contributed by atoms with van der Waals surface area (Å²) in [6, 6.07) is 7.74. The number of para-hydroxylation sites is 1. The molecule has 0 aliphatic heterocycles. The quantitative estimate of drug-likeness (QED) is 0.694. The van der Waals surface area contributed by atoms with Crippen LogP contribution in [-0.4, -0.2) is 31.3 Å². The van der Waals surface area contributed by atoms with E-state index in [9.17, 15) is 4.79 Å². The van der Waals surface area contributed by atoms with Gasteiger partial charge in [-0.05, 0) is 30.9 Å². The highest BCUT2D eigenvalue weighted by Gasteiger charge is 2.06. The molecule has 4 heteroatoms. The number of hydrogen-bond donors (Lipinski definition) is 2. The van der Waals surface area contributed by atoms with Crippen molar-refractivity contribution in [2.24, 2.45) is 0 Å². The van der Waals surface area contributed by atoms with E-state index in [1.807, 2.05) is 24.3 Å². The van der Waals surface area contributed by atoms with Crippen molar-refractivity contribution < 1.29 is 14.6 Å². The van der Waals surface area contributed by atoms with Crippen LogP contribution in [0.2, 0.25) is 0 Å². The number of rotatable bonds is 8. The van der Waals surface area contributed by atoms with Gasteiger partial charge in [0.25, 0.3) is 0 Å². The lowest BCUT2D eigenvalue weighted by atomic mass is 10.1. The molecule has 0 fully saturated rings. The Balaban J connectivity index is 2.51. The molecular weight excluding hydrogens is 230 g/mol. The first-order chi connectivity index (χ1) is 8.77. The second-order valence-corrected chi connectivity index (χ2v) is 4.13. The molecule has 4 nitrogen and oxygen atoms in total. The summed E-state index contributed by atoms with van der Waals surface area (Å²) in [4.78, 5) is 11.7. The first-order valence-corrected chi connectivity index (χ1v) is 6.25. The maximum absolute atomic E-state index is 11.7. The minimum absolute atomic E-state index is 0.00619. The Kier molecular flexibility index (Phi) is 7.06. The number of unbranched alkanes of at least 4 members (excludes halogenated alkanes) is 1. The largest absolute Gasteiger partial charge is 0.396 e. The number of benzene rings is 1. The number of nitrogens with one attached hydrogen (secondary N) is 1. The van der Waals surface area contributed by atoms with Crippen LogP contribution in [0.15, 0.2) is 24.3 Å². The van der Waals surface area contributed by atoms with Gasteiger partial charge in [-0.25, -0.2) is 0 Å². The molecule has 2 N–H and O–H groups in total. The number of methoxy groups -OCH3 is 1. The van der Waals surface area contributed by atoms with Crippen molar-refractivity contribution in [3.05, 3.63) is 29.8 Å². The Bertz CT molecular complexity index is 366. The van der Waals surface area contributed by atoms with E-state index in [0.717, 1.165) is 17.7 Å². The van der Waals surface area contributed by atoms with Crippen molar-refractivity contribution in [2.45, 2.75) is 25.7 Å². The number of hydrogen-bond acceptors (Lipinski definition) is 3. The lowest BCUT2D eigenvalue weighted by Crippen LogP contribution is -2.13. The first kappa shape index (κ1) is 14.7. The lowest BCUT2D eigenvalue weighted by Gasteiger charge is -2.10. The average molecular weight is 251 g/mol. The van der Waals surface area contributed by atoms with Gasteiger partial charge in [0.15, 0.2) is 0 Å². The van der Waals surface area contributed by atoms with Crippen LogP contribution >= 0.6 is 0 Å². The Hall–Kier alpha value is -1.39. The van der Waals surface area contributed by atoms with Crippen LogP contribution in [0.25, 0.3) is 0 Å². The molecule has 0 aliphatic carbocycles. The molecule has 0 aromatic heterocycles. The molecule has 1 rings (SSSR count). The van der Waals surface area contributed by atoms with Crippen molar-refractivity contribution in [3.63, 3.8) is 0 Å². The van der Waals surface area contributed by atoms with Crippen LogP contribution in [0.3, 0.4) is 0 Å². The third-order valence-electron chi connectivity index (χ3n) is 2.68. The third kappa shape index (κ3) is 5.29. The lowest BCUT2D eigenvalue weighted by molar-refractivity contribution is -0.116. The van der Waals surface area contributed by atoms with Crippen molar-refractivity contribution in [3.8, 4) is 0 Å². The zero-order valence-electron chi connectivity index (χ0n) is 10.8. The molecule has 1 aromatic rings. The highest BCUT2D eigenvalue weighted by molar-refractivity contribution is 5.91. The third-order valence-corrected chi connectivity index (χ3v) is 2.68. The molecule has 0 heterocycles. The van der Waals surface area contributed by atoms with E-state index in [1.54, 1.807) is 7.11 Å². The SMILES string of the molecule is COCCc1ccccc1NC(=O)CCCCO. The second kappa shape index (κ2) is 8.66. The van der Waals surface area contributed by atoms with E-state index >= 15 is 0 Å². The highest BCUT2D eigenvalue weighted by atomic mass is 16.5. The van der Waals surface area contributed by atoms with Crippen molar-refractivity contribution in [1.82, 2.24) is 0 Å². The van der Waals surface area contributed by atoms with Gasteiger partial charge in [-0.2, -0.15) is 0 Å². The van der Waals surface area contributed by atoms with Gasteiger partial charge in [0.1, 0.15) is 0 Å². The van der Waals surface area contributed by atoms with Crippen LogP contribution in [0.1, 0.15) is 24.8 Å². The predicted molar refractivity (Wildman–Crippen MR) is 71.6 cm³/mol. The van der Waals surface area contributed by atoms with Gasteiger partial charge in [0.2, 0.25) is 5.91 Å². The van der Waals surface area contributed by atoms with Gasteiger partial charge in [-0.1, -0.05) is 18.2 Å². The van der Waals surface area contributed by atoms with Crippen LogP contribution < -0.4 is 5.32 Å².